The van der Waals surface area contributed by atoms with Crippen LogP contribution in [0.15, 0.2) is 54.1 Å². The number of aliphatic carboxylic acids is 1. The number of allylic oxidation sites excluding steroid dienone is 4. The smallest absolute Gasteiger partial charge is 0.323 e. The number of nitrogens with one attached hydrogen (secondary N) is 1. The van der Waals surface area contributed by atoms with E-state index < -0.39 is 21.7 Å². The first kappa shape index (κ1) is 22.5. The number of hydrogen-bond donors (Lipinski definition) is 2. The van der Waals surface area contributed by atoms with Crippen LogP contribution in [0, 0.1) is 0 Å². The van der Waals surface area contributed by atoms with Crippen molar-refractivity contribution < 1.29 is 14.1 Å². The minimum absolute atomic E-state index is 0. The van der Waals surface area contributed by atoms with Crippen LogP contribution in [0.4, 0.5) is 0 Å². The highest BCUT2D eigenvalue weighted by Gasteiger charge is 2.35. The number of carbonyl (C=O) groups is 1. The van der Waals surface area contributed by atoms with Crippen LogP contribution in [-0.2, 0) is 21.0 Å². The summed E-state index contributed by atoms with van der Waals surface area (Å²) in [4.78, 5) is 11.9. The van der Waals surface area contributed by atoms with Gasteiger partial charge in [-0.05, 0) is 36.9 Å². The minimum Gasteiger partial charge on any atom is -0.480 e. The van der Waals surface area contributed by atoms with Crippen molar-refractivity contribution in [3.63, 3.8) is 0 Å². The predicted molar refractivity (Wildman–Crippen MR) is 117 cm³/mol. The Labute approximate surface area is 162 Å². The SMILES string of the molecule is C.C=C/C=C1\C(=C/C)S(=C)(=O)NC1c1cn(CC(=O)O)c(/C=C\C)c1C=C. The number of carboxylic acid groups (broad SMARTS) is 1. The quantitative estimate of drug-likeness (QED) is 0.718. The lowest BCUT2D eigenvalue weighted by atomic mass is 9.96. The third-order valence-electron chi connectivity index (χ3n) is 4.16. The fraction of sp³-hybridized carbons (Fsp3) is 0.238. The zero-order valence-corrected chi connectivity index (χ0v) is 15.9. The van der Waals surface area contributed by atoms with E-state index in [9.17, 15) is 14.1 Å². The molecule has 0 radical (unpaired) electrons. The van der Waals surface area contributed by atoms with E-state index in [0.29, 0.717) is 4.91 Å². The highest BCUT2D eigenvalue weighted by molar-refractivity contribution is 8.02. The molecule has 6 heteroatoms. The van der Waals surface area contributed by atoms with Crippen LogP contribution in [0.25, 0.3) is 12.2 Å². The van der Waals surface area contributed by atoms with Crippen LogP contribution >= 0.6 is 0 Å². The highest BCUT2D eigenvalue weighted by atomic mass is 32.2. The molecule has 2 heterocycles. The average molecular weight is 389 g/mol. The second-order valence-electron chi connectivity index (χ2n) is 5.85. The first-order valence-electron chi connectivity index (χ1n) is 8.14. The van der Waals surface area contributed by atoms with Crippen LogP contribution in [0.1, 0.15) is 44.1 Å². The van der Waals surface area contributed by atoms with Crippen LogP contribution in [0.2, 0.25) is 0 Å². The van der Waals surface area contributed by atoms with Crippen molar-refractivity contribution >= 4 is 33.7 Å². The van der Waals surface area contributed by atoms with Crippen LogP contribution in [0.3, 0.4) is 0 Å². The van der Waals surface area contributed by atoms with Crippen LogP contribution < -0.4 is 4.72 Å². The van der Waals surface area contributed by atoms with Gasteiger partial charge in [-0.3, -0.25) is 4.79 Å². The topological polar surface area (TPSA) is 71.3 Å². The Bertz CT molecular complexity index is 944. The zero-order valence-electron chi connectivity index (χ0n) is 15.1. The normalized spacial score (nSPS) is 25.0. The standard InChI is InChI=1S/C20H24N2O3S.CH4/c1-6-10-15-18(9-4)26(5,25)21-20(15)16-12-22(13-19(23)24)17(11-7-2)14(16)8-3;/h6-12,20H,1,3,5,13H2,2,4H3,(H,21,25)(H,23,24);1H4/b11-7-,15-10+,18-9+;. The molecule has 27 heavy (non-hydrogen) atoms. The predicted octanol–water partition coefficient (Wildman–Crippen LogP) is 4.18. The molecule has 1 aromatic rings. The second kappa shape index (κ2) is 8.88. The molecule has 1 aromatic heterocycles. The van der Waals surface area contributed by atoms with Gasteiger partial charge in [0.05, 0.1) is 15.7 Å². The number of hydrogen-bond acceptors (Lipinski definition) is 2. The number of aromatic nitrogens is 1. The summed E-state index contributed by atoms with van der Waals surface area (Å²) < 4.78 is 17.7. The number of nitrogens with zero attached hydrogens (tertiary/aromatic N) is 1. The molecule has 0 amide bonds. The molecular formula is C21H28N2O3S. The molecule has 2 N–H and O–H groups in total. The van der Waals surface area contributed by atoms with Gasteiger partial charge in [0.25, 0.3) is 0 Å². The Hall–Kier alpha value is -2.57. The molecule has 2 unspecified atom stereocenters. The first-order chi connectivity index (χ1) is 12.3. The molecule has 146 valence electrons. The molecule has 1 fully saturated rings. The summed E-state index contributed by atoms with van der Waals surface area (Å²) in [6, 6.07) is -0.392. The lowest BCUT2D eigenvalue weighted by Gasteiger charge is -2.11. The van der Waals surface area contributed by atoms with Crippen LogP contribution in [-0.4, -0.2) is 25.7 Å². The third kappa shape index (κ3) is 4.23. The summed E-state index contributed by atoms with van der Waals surface area (Å²) >= 11 is 0. The number of rotatable bonds is 6. The average Bonchev–Trinajstić information content (AvgIpc) is 3.02. The molecule has 1 saturated heterocycles. The molecule has 0 saturated carbocycles. The zero-order chi connectivity index (χ0) is 19.5. The molecule has 1 aliphatic heterocycles. The molecule has 0 aromatic carbocycles. The van der Waals surface area contributed by atoms with E-state index >= 15 is 0 Å². The molecule has 0 aliphatic carbocycles. The van der Waals surface area contributed by atoms with Crippen molar-refractivity contribution in [2.24, 2.45) is 0 Å². The molecule has 1 aliphatic rings. The maximum atomic E-state index is 12.9. The molecule has 0 bridgehead atoms. The Morgan fingerprint density at radius 1 is 1.41 bits per heavy atom. The van der Waals surface area contributed by atoms with Crippen LogP contribution in [0.5, 0.6) is 0 Å². The van der Waals surface area contributed by atoms with Gasteiger partial charge in [-0.25, -0.2) is 8.93 Å². The van der Waals surface area contributed by atoms with Gasteiger partial charge in [0.2, 0.25) is 0 Å². The van der Waals surface area contributed by atoms with Crippen molar-refractivity contribution in [2.75, 3.05) is 0 Å². The summed E-state index contributed by atoms with van der Waals surface area (Å²) in [7, 11) is -2.65. The molecule has 2 atom stereocenters. The fourth-order valence-electron chi connectivity index (χ4n) is 3.23. The minimum atomic E-state index is -2.65. The highest BCUT2D eigenvalue weighted by Crippen LogP contribution is 2.40. The van der Waals surface area contributed by atoms with Crippen molar-refractivity contribution in [1.29, 1.82) is 0 Å². The van der Waals surface area contributed by atoms with Gasteiger partial charge in [-0.2, -0.15) is 0 Å². The van der Waals surface area contributed by atoms with Gasteiger partial charge in [-0.15, -0.1) is 0 Å². The van der Waals surface area contributed by atoms with Crippen molar-refractivity contribution in [3.8, 4) is 0 Å². The Kier molecular flexibility index (Phi) is 7.39. The van der Waals surface area contributed by atoms with E-state index in [4.69, 9.17) is 0 Å². The van der Waals surface area contributed by atoms with Gasteiger partial charge < -0.3 is 9.67 Å². The van der Waals surface area contributed by atoms with E-state index in [0.717, 1.165) is 22.4 Å². The Balaban J connectivity index is 0.00000364. The third-order valence-corrected chi connectivity index (χ3v) is 5.95. The summed E-state index contributed by atoms with van der Waals surface area (Å²) in [6.07, 6.45) is 12.4. The summed E-state index contributed by atoms with van der Waals surface area (Å²) in [5.74, 6) is 2.89. The van der Waals surface area contributed by atoms with Gasteiger partial charge in [0, 0.05) is 22.4 Å². The summed E-state index contributed by atoms with van der Waals surface area (Å²) in [5, 5.41) is 9.22. The van der Waals surface area contributed by atoms with E-state index in [1.807, 2.05) is 32.1 Å². The maximum Gasteiger partial charge on any atom is 0.323 e. The molecule has 5 nitrogen and oxygen atoms in total. The summed E-state index contributed by atoms with van der Waals surface area (Å²) in [5.41, 5.74) is 3.15. The van der Waals surface area contributed by atoms with Gasteiger partial charge in [-0.1, -0.05) is 51.0 Å². The van der Waals surface area contributed by atoms with E-state index in [1.54, 1.807) is 29.0 Å². The first-order valence-corrected chi connectivity index (χ1v) is 9.87. The second-order valence-corrected chi connectivity index (χ2v) is 7.87. The van der Waals surface area contributed by atoms with E-state index in [2.05, 4.69) is 23.8 Å². The molecule has 0 spiro atoms. The van der Waals surface area contributed by atoms with Gasteiger partial charge in [0.15, 0.2) is 0 Å². The van der Waals surface area contributed by atoms with E-state index in [1.165, 1.54) is 0 Å². The van der Waals surface area contributed by atoms with Gasteiger partial charge >= 0.3 is 5.97 Å². The largest absolute Gasteiger partial charge is 0.480 e. The summed E-state index contributed by atoms with van der Waals surface area (Å²) in [6.45, 7) is 11.1. The fourth-order valence-corrected chi connectivity index (χ4v) is 4.93. The monoisotopic (exact) mass is 388 g/mol. The maximum absolute atomic E-state index is 12.9. The lowest BCUT2D eigenvalue weighted by molar-refractivity contribution is -0.137. The van der Waals surface area contributed by atoms with Gasteiger partial charge in [0.1, 0.15) is 6.54 Å². The van der Waals surface area contributed by atoms with E-state index in [-0.39, 0.29) is 14.0 Å². The van der Waals surface area contributed by atoms with Crippen molar-refractivity contribution in [2.45, 2.75) is 33.9 Å². The number of carboxylic acids is 1. The van der Waals surface area contributed by atoms with Crippen molar-refractivity contribution in [1.82, 2.24) is 9.29 Å². The Morgan fingerprint density at radius 2 is 2.07 bits per heavy atom. The Morgan fingerprint density at radius 3 is 2.56 bits per heavy atom. The molecule has 2 rings (SSSR count). The lowest BCUT2D eigenvalue weighted by Crippen LogP contribution is -2.19. The van der Waals surface area contributed by atoms with Crippen molar-refractivity contribution in [3.05, 3.63) is 71.0 Å². The molecular weight excluding hydrogens is 360 g/mol.